The number of hydrogen-bond acceptors (Lipinski definition) is 0. The average molecular weight is 166 g/mol. The van der Waals surface area contributed by atoms with Crippen molar-refractivity contribution in [2.24, 2.45) is 0 Å². The van der Waals surface area contributed by atoms with E-state index in [9.17, 15) is 4.39 Å². The minimum absolute atomic E-state index is 0.0457. The Kier molecular flexibility index (Phi) is 2.22. The summed E-state index contributed by atoms with van der Waals surface area (Å²) < 4.78 is 13.4. The largest absolute Gasteiger partial charge is 0.206 e. The maximum atomic E-state index is 13.4. The molecule has 1 heteroatoms. The third kappa shape index (κ3) is 1.13. The van der Waals surface area contributed by atoms with E-state index in [-0.39, 0.29) is 5.82 Å². The van der Waals surface area contributed by atoms with E-state index in [1.807, 2.05) is 34.6 Å². The molecule has 12 heavy (non-hydrogen) atoms. The van der Waals surface area contributed by atoms with E-state index >= 15 is 0 Å². The molecule has 66 valence electrons. The van der Waals surface area contributed by atoms with Crippen molar-refractivity contribution >= 4 is 0 Å². The van der Waals surface area contributed by atoms with Crippen LogP contribution in [-0.4, -0.2) is 0 Å². The highest BCUT2D eigenvalue weighted by molar-refractivity contribution is 5.44. The summed E-state index contributed by atoms with van der Waals surface area (Å²) in [6.45, 7) is 9.67. The molecular formula is C11H15F. The predicted octanol–water partition coefficient (Wildman–Crippen LogP) is 3.37. The van der Waals surface area contributed by atoms with E-state index in [0.717, 1.165) is 22.3 Å². The van der Waals surface area contributed by atoms with Crippen LogP contribution in [0, 0.1) is 40.4 Å². The Bertz CT molecular complexity index is 219. The van der Waals surface area contributed by atoms with Gasteiger partial charge in [-0.15, -0.1) is 0 Å². The van der Waals surface area contributed by atoms with Gasteiger partial charge in [0, 0.05) is 0 Å². The molecule has 1 aromatic rings. The minimum atomic E-state index is -0.0457. The summed E-state index contributed by atoms with van der Waals surface area (Å²) in [6.07, 6.45) is 0. The first-order chi connectivity index (χ1) is 5.46. The van der Waals surface area contributed by atoms with Gasteiger partial charge in [0.1, 0.15) is 5.82 Å². The monoisotopic (exact) mass is 166 g/mol. The van der Waals surface area contributed by atoms with Crippen molar-refractivity contribution in [2.45, 2.75) is 34.6 Å². The van der Waals surface area contributed by atoms with Crippen LogP contribution < -0.4 is 0 Å². The summed E-state index contributed by atoms with van der Waals surface area (Å²) >= 11 is 0. The van der Waals surface area contributed by atoms with Crippen LogP contribution in [0.4, 0.5) is 4.39 Å². The van der Waals surface area contributed by atoms with Crippen molar-refractivity contribution < 1.29 is 4.39 Å². The lowest BCUT2D eigenvalue weighted by molar-refractivity contribution is 0.605. The van der Waals surface area contributed by atoms with Crippen molar-refractivity contribution in [3.63, 3.8) is 0 Å². The first-order valence-corrected chi connectivity index (χ1v) is 4.19. The molecule has 0 aliphatic heterocycles. The van der Waals surface area contributed by atoms with Crippen LogP contribution in [0.3, 0.4) is 0 Å². The zero-order valence-electron chi connectivity index (χ0n) is 8.38. The van der Waals surface area contributed by atoms with Crippen LogP contribution in [0.15, 0.2) is 0 Å². The third-order valence-electron chi connectivity index (χ3n) is 2.91. The Labute approximate surface area is 73.4 Å². The summed E-state index contributed by atoms with van der Waals surface area (Å²) in [5, 5.41) is 0. The topological polar surface area (TPSA) is 0 Å². The van der Waals surface area contributed by atoms with Gasteiger partial charge in [-0.3, -0.25) is 0 Å². The molecule has 0 atom stereocenters. The fourth-order valence-electron chi connectivity index (χ4n) is 1.45. The average Bonchev–Trinajstić information content (AvgIpc) is 2.08. The van der Waals surface area contributed by atoms with Crippen molar-refractivity contribution in [3.05, 3.63) is 33.6 Å². The number of hydrogen-bond donors (Lipinski definition) is 0. The van der Waals surface area contributed by atoms with E-state index in [2.05, 4.69) is 0 Å². The molecule has 0 nitrogen and oxygen atoms in total. The molecule has 0 bridgehead atoms. The minimum Gasteiger partial charge on any atom is -0.206 e. The Morgan fingerprint density at radius 2 is 0.833 bits per heavy atom. The second kappa shape index (κ2) is 2.89. The quantitative estimate of drug-likeness (QED) is 0.554. The maximum absolute atomic E-state index is 13.4. The Hall–Kier alpha value is -0.850. The maximum Gasteiger partial charge on any atom is 0.129 e. The van der Waals surface area contributed by atoms with Gasteiger partial charge in [0.25, 0.3) is 0 Å². The molecule has 0 amide bonds. The van der Waals surface area contributed by atoms with E-state index in [0.29, 0.717) is 0 Å². The molecule has 0 aliphatic carbocycles. The second-order valence-corrected chi connectivity index (χ2v) is 3.44. The highest BCUT2D eigenvalue weighted by Gasteiger charge is 2.10. The molecule has 0 fully saturated rings. The predicted molar refractivity (Wildman–Crippen MR) is 50.1 cm³/mol. The molecule has 1 rings (SSSR count). The third-order valence-corrected chi connectivity index (χ3v) is 2.91. The molecule has 0 heterocycles. The molecule has 0 unspecified atom stereocenters. The molecule has 0 radical (unpaired) electrons. The Balaban J connectivity index is 3.60. The van der Waals surface area contributed by atoms with Crippen molar-refractivity contribution in [1.29, 1.82) is 0 Å². The van der Waals surface area contributed by atoms with Gasteiger partial charge in [-0.1, -0.05) is 0 Å². The van der Waals surface area contributed by atoms with Crippen molar-refractivity contribution in [1.82, 2.24) is 0 Å². The molecule has 0 saturated carbocycles. The van der Waals surface area contributed by atoms with E-state index in [4.69, 9.17) is 0 Å². The summed E-state index contributed by atoms with van der Waals surface area (Å²) in [4.78, 5) is 0. The lowest BCUT2D eigenvalue weighted by Crippen LogP contribution is -1.99. The summed E-state index contributed by atoms with van der Waals surface area (Å²) in [5.41, 5.74) is 4.95. The van der Waals surface area contributed by atoms with Crippen LogP contribution in [0.1, 0.15) is 27.8 Å². The standard InChI is InChI=1S/C11H15F/c1-6-7(2)9(4)11(12)10(5)8(6)3/h1-5H3. The fourth-order valence-corrected chi connectivity index (χ4v) is 1.45. The number of benzene rings is 1. The van der Waals surface area contributed by atoms with Crippen LogP contribution in [0.25, 0.3) is 0 Å². The second-order valence-electron chi connectivity index (χ2n) is 3.44. The van der Waals surface area contributed by atoms with E-state index < -0.39 is 0 Å². The molecule has 0 saturated heterocycles. The van der Waals surface area contributed by atoms with Crippen molar-refractivity contribution in [3.8, 4) is 0 Å². The molecule has 0 N–H and O–H groups in total. The first-order valence-electron chi connectivity index (χ1n) is 4.19. The summed E-state index contributed by atoms with van der Waals surface area (Å²) in [6, 6.07) is 0. The normalized spacial score (nSPS) is 10.5. The van der Waals surface area contributed by atoms with Gasteiger partial charge in [0.2, 0.25) is 0 Å². The lowest BCUT2D eigenvalue weighted by Gasteiger charge is -2.12. The van der Waals surface area contributed by atoms with Crippen molar-refractivity contribution in [2.75, 3.05) is 0 Å². The first kappa shape index (κ1) is 9.24. The van der Waals surface area contributed by atoms with Gasteiger partial charge in [-0.05, 0) is 62.4 Å². The van der Waals surface area contributed by atoms with Crippen LogP contribution in [0.5, 0.6) is 0 Å². The zero-order valence-corrected chi connectivity index (χ0v) is 8.38. The summed E-state index contributed by atoms with van der Waals surface area (Å²) in [7, 11) is 0. The van der Waals surface area contributed by atoms with E-state index in [1.165, 1.54) is 5.56 Å². The Morgan fingerprint density at radius 3 is 1.17 bits per heavy atom. The molecule has 0 spiro atoms. The summed E-state index contributed by atoms with van der Waals surface area (Å²) in [5.74, 6) is -0.0457. The van der Waals surface area contributed by atoms with Crippen LogP contribution in [0.2, 0.25) is 0 Å². The molecule has 0 aromatic heterocycles. The highest BCUT2D eigenvalue weighted by Crippen LogP contribution is 2.23. The molecule has 1 aromatic carbocycles. The van der Waals surface area contributed by atoms with Crippen LogP contribution in [-0.2, 0) is 0 Å². The van der Waals surface area contributed by atoms with Gasteiger partial charge in [-0.25, -0.2) is 4.39 Å². The smallest absolute Gasteiger partial charge is 0.129 e. The van der Waals surface area contributed by atoms with Gasteiger partial charge < -0.3 is 0 Å². The zero-order chi connectivity index (χ0) is 9.46. The Morgan fingerprint density at radius 1 is 0.583 bits per heavy atom. The van der Waals surface area contributed by atoms with Gasteiger partial charge in [0.05, 0.1) is 0 Å². The van der Waals surface area contributed by atoms with Gasteiger partial charge >= 0.3 is 0 Å². The molecule has 0 aliphatic rings. The lowest BCUT2D eigenvalue weighted by atomic mass is 9.95. The van der Waals surface area contributed by atoms with Gasteiger partial charge in [-0.2, -0.15) is 0 Å². The van der Waals surface area contributed by atoms with E-state index in [1.54, 1.807) is 0 Å². The number of rotatable bonds is 0. The highest BCUT2D eigenvalue weighted by atomic mass is 19.1. The fraction of sp³-hybridized carbons (Fsp3) is 0.455. The molecular weight excluding hydrogens is 151 g/mol. The van der Waals surface area contributed by atoms with Gasteiger partial charge in [0.15, 0.2) is 0 Å². The number of halogens is 1. The van der Waals surface area contributed by atoms with Crippen LogP contribution >= 0.6 is 0 Å². The SMILES string of the molecule is Cc1c(C)c(C)c(F)c(C)c1C.